The summed E-state index contributed by atoms with van der Waals surface area (Å²) in [6.07, 6.45) is -0.124. The summed E-state index contributed by atoms with van der Waals surface area (Å²) < 4.78 is 18.9. The molecule has 1 atom stereocenters. The molecule has 1 aliphatic rings. The minimum Gasteiger partial charge on any atom is -0.371 e. The van der Waals surface area contributed by atoms with Crippen molar-refractivity contribution in [1.82, 2.24) is 9.80 Å². The standard InChI is InChI=1S/C21H25FN2O2/c1-2-24(14-17-6-4-3-5-7-17)21(25)16-23-12-13-26-20(15-23)18-8-10-19(22)11-9-18/h3-11,20H,2,12-16H2,1H3. The first-order valence-corrected chi connectivity index (χ1v) is 9.07. The molecule has 0 saturated carbocycles. The van der Waals surface area contributed by atoms with Gasteiger partial charge in [0.05, 0.1) is 19.3 Å². The molecule has 1 aliphatic heterocycles. The smallest absolute Gasteiger partial charge is 0.237 e. The normalized spacial score (nSPS) is 17.8. The van der Waals surface area contributed by atoms with Gasteiger partial charge < -0.3 is 9.64 Å². The predicted octanol–water partition coefficient (Wildman–Crippen LogP) is 3.25. The lowest BCUT2D eigenvalue weighted by atomic mass is 10.1. The maximum absolute atomic E-state index is 13.1. The Balaban J connectivity index is 1.58. The van der Waals surface area contributed by atoms with E-state index in [0.29, 0.717) is 32.8 Å². The van der Waals surface area contributed by atoms with E-state index in [0.717, 1.165) is 17.7 Å². The molecule has 1 amide bonds. The first-order chi connectivity index (χ1) is 12.7. The van der Waals surface area contributed by atoms with Crippen LogP contribution in [0, 0.1) is 5.82 Å². The van der Waals surface area contributed by atoms with Crippen molar-refractivity contribution >= 4 is 5.91 Å². The van der Waals surface area contributed by atoms with Gasteiger partial charge >= 0.3 is 0 Å². The lowest BCUT2D eigenvalue weighted by molar-refractivity contribution is -0.134. The van der Waals surface area contributed by atoms with Crippen molar-refractivity contribution in [3.05, 3.63) is 71.5 Å². The van der Waals surface area contributed by atoms with E-state index in [4.69, 9.17) is 4.74 Å². The van der Waals surface area contributed by atoms with Crippen LogP contribution in [0.5, 0.6) is 0 Å². The largest absolute Gasteiger partial charge is 0.371 e. The van der Waals surface area contributed by atoms with Crippen LogP contribution in [0.1, 0.15) is 24.2 Å². The number of ether oxygens (including phenoxy) is 1. The zero-order valence-electron chi connectivity index (χ0n) is 15.1. The molecule has 3 rings (SSSR count). The van der Waals surface area contributed by atoms with Gasteiger partial charge in [0.1, 0.15) is 5.82 Å². The molecular formula is C21H25FN2O2. The summed E-state index contributed by atoms with van der Waals surface area (Å²) >= 11 is 0. The van der Waals surface area contributed by atoms with Gasteiger partial charge in [0.2, 0.25) is 5.91 Å². The first kappa shape index (κ1) is 18.5. The highest BCUT2D eigenvalue weighted by molar-refractivity contribution is 5.78. The maximum atomic E-state index is 13.1. The van der Waals surface area contributed by atoms with Gasteiger partial charge in [-0.2, -0.15) is 0 Å². The summed E-state index contributed by atoms with van der Waals surface area (Å²) in [6, 6.07) is 16.4. The summed E-state index contributed by atoms with van der Waals surface area (Å²) in [5, 5.41) is 0. The Kier molecular flexibility index (Phi) is 6.36. The molecule has 138 valence electrons. The van der Waals surface area contributed by atoms with E-state index in [-0.39, 0.29) is 17.8 Å². The second-order valence-electron chi connectivity index (χ2n) is 6.54. The number of likely N-dealkylation sites (N-methyl/N-ethyl adjacent to an activating group) is 1. The molecule has 1 fully saturated rings. The molecule has 1 unspecified atom stereocenters. The van der Waals surface area contributed by atoms with Gasteiger partial charge in [-0.1, -0.05) is 42.5 Å². The Morgan fingerprint density at radius 3 is 2.62 bits per heavy atom. The molecule has 0 aliphatic carbocycles. The fourth-order valence-corrected chi connectivity index (χ4v) is 3.20. The minimum atomic E-state index is -0.254. The first-order valence-electron chi connectivity index (χ1n) is 9.07. The van der Waals surface area contributed by atoms with Crippen LogP contribution in [0.4, 0.5) is 4.39 Å². The van der Waals surface area contributed by atoms with Crippen molar-refractivity contribution < 1.29 is 13.9 Å². The van der Waals surface area contributed by atoms with Crippen LogP contribution < -0.4 is 0 Å². The lowest BCUT2D eigenvalue weighted by Gasteiger charge is -2.34. The third-order valence-corrected chi connectivity index (χ3v) is 4.70. The van der Waals surface area contributed by atoms with Crippen molar-refractivity contribution in [2.45, 2.75) is 19.6 Å². The molecule has 2 aromatic carbocycles. The average Bonchev–Trinajstić information content (AvgIpc) is 2.67. The lowest BCUT2D eigenvalue weighted by Crippen LogP contribution is -2.45. The molecule has 0 N–H and O–H groups in total. The van der Waals surface area contributed by atoms with Crippen LogP contribution in [0.3, 0.4) is 0 Å². The minimum absolute atomic E-state index is 0.121. The van der Waals surface area contributed by atoms with E-state index in [1.165, 1.54) is 12.1 Å². The van der Waals surface area contributed by atoms with E-state index < -0.39 is 0 Å². The molecule has 4 nitrogen and oxygen atoms in total. The summed E-state index contributed by atoms with van der Waals surface area (Å²) in [6.45, 7) is 5.62. The fourth-order valence-electron chi connectivity index (χ4n) is 3.20. The number of carbonyl (C=O) groups is 1. The molecule has 1 saturated heterocycles. The van der Waals surface area contributed by atoms with Crippen molar-refractivity contribution in [2.24, 2.45) is 0 Å². The predicted molar refractivity (Wildman–Crippen MR) is 99.1 cm³/mol. The summed E-state index contributed by atoms with van der Waals surface area (Å²) in [4.78, 5) is 16.7. The highest BCUT2D eigenvalue weighted by Gasteiger charge is 2.25. The molecule has 5 heteroatoms. The van der Waals surface area contributed by atoms with E-state index in [1.807, 2.05) is 42.2 Å². The molecule has 0 spiro atoms. The molecule has 0 radical (unpaired) electrons. The Labute approximate surface area is 154 Å². The van der Waals surface area contributed by atoms with Crippen LogP contribution in [-0.2, 0) is 16.1 Å². The Hall–Kier alpha value is -2.24. The summed E-state index contributed by atoms with van der Waals surface area (Å²) in [5.41, 5.74) is 2.08. The van der Waals surface area contributed by atoms with E-state index >= 15 is 0 Å². The Morgan fingerprint density at radius 1 is 1.19 bits per heavy atom. The number of rotatable bonds is 6. The van der Waals surface area contributed by atoms with Crippen LogP contribution in [0.15, 0.2) is 54.6 Å². The quantitative estimate of drug-likeness (QED) is 0.797. The number of benzene rings is 2. The maximum Gasteiger partial charge on any atom is 0.237 e. The van der Waals surface area contributed by atoms with E-state index in [1.54, 1.807) is 12.1 Å². The average molecular weight is 356 g/mol. The second-order valence-corrected chi connectivity index (χ2v) is 6.54. The SMILES string of the molecule is CCN(Cc1ccccc1)C(=O)CN1CCOC(c2ccc(F)cc2)C1. The molecule has 26 heavy (non-hydrogen) atoms. The number of hydrogen-bond acceptors (Lipinski definition) is 3. The van der Waals surface area contributed by atoms with Crippen LogP contribution in [0.2, 0.25) is 0 Å². The monoisotopic (exact) mass is 356 g/mol. The van der Waals surface area contributed by atoms with Gasteiger partial charge in [-0.3, -0.25) is 9.69 Å². The Morgan fingerprint density at radius 2 is 1.92 bits per heavy atom. The van der Waals surface area contributed by atoms with Gasteiger partial charge in [0.15, 0.2) is 0 Å². The van der Waals surface area contributed by atoms with Gasteiger partial charge in [-0.05, 0) is 30.2 Å². The number of halogens is 1. The Bertz CT molecular complexity index is 706. The van der Waals surface area contributed by atoms with Crippen molar-refractivity contribution in [1.29, 1.82) is 0 Å². The second kappa shape index (κ2) is 8.92. The van der Waals surface area contributed by atoms with Gasteiger partial charge in [-0.25, -0.2) is 4.39 Å². The van der Waals surface area contributed by atoms with Crippen LogP contribution in [0.25, 0.3) is 0 Å². The fraction of sp³-hybridized carbons (Fsp3) is 0.381. The number of amides is 1. The molecule has 0 bridgehead atoms. The third kappa shape index (κ3) is 4.90. The topological polar surface area (TPSA) is 32.8 Å². The van der Waals surface area contributed by atoms with Crippen molar-refractivity contribution in [2.75, 3.05) is 32.8 Å². The number of hydrogen-bond donors (Lipinski definition) is 0. The summed E-state index contributed by atoms with van der Waals surface area (Å²) in [7, 11) is 0. The molecule has 0 aromatic heterocycles. The number of carbonyl (C=O) groups excluding carboxylic acids is 1. The van der Waals surface area contributed by atoms with E-state index in [2.05, 4.69) is 4.90 Å². The van der Waals surface area contributed by atoms with Gasteiger partial charge in [-0.15, -0.1) is 0 Å². The van der Waals surface area contributed by atoms with Crippen LogP contribution >= 0.6 is 0 Å². The highest BCUT2D eigenvalue weighted by atomic mass is 19.1. The molecule has 2 aromatic rings. The molecular weight excluding hydrogens is 331 g/mol. The summed E-state index contributed by atoms with van der Waals surface area (Å²) in [5.74, 6) is -0.132. The zero-order valence-corrected chi connectivity index (χ0v) is 15.1. The number of morpholine rings is 1. The zero-order chi connectivity index (χ0) is 18.4. The van der Waals surface area contributed by atoms with Crippen LogP contribution in [-0.4, -0.2) is 48.5 Å². The highest BCUT2D eigenvalue weighted by Crippen LogP contribution is 2.22. The van der Waals surface area contributed by atoms with E-state index in [9.17, 15) is 9.18 Å². The van der Waals surface area contributed by atoms with Gasteiger partial charge in [0.25, 0.3) is 0 Å². The molecule has 1 heterocycles. The van der Waals surface area contributed by atoms with Crippen molar-refractivity contribution in [3.63, 3.8) is 0 Å². The van der Waals surface area contributed by atoms with Gasteiger partial charge in [0, 0.05) is 26.2 Å². The third-order valence-electron chi connectivity index (χ3n) is 4.70. The van der Waals surface area contributed by atoms with Crippen molar-refractivity contribution in [3.8, 4) is 0 Å². The number of nitrogens with zero attached hydrogens (tertiary/aromatic N) is 2.